The zero-order chi connectivity index (χ0) is 16.2. The molecule has 23 heavy (non-hydrogen) atoms. The number of aromatic nitrogens is 2. The third kappa shape index (κ3) is 4.07. The number of carbonyl (C=O) groups is 1. The summed E-state index contributed by atoms with van der Waals surface area (Å²) in [6.45, 7) is 2.44. The molecule has 1 atom stereocenters. The molecule has 0 saturated carbocycles. The summed E-state index contributed by atoms with van der Waals surface area (Å²) >= 11 is 5.86. The third-order valence-corrected chi connectivity index (χ3v) is 3.93. The lowest BCUT2D eigenvalue weighted by Crippen LogP contribution is -2.48. The molecular formula is C15H17ClN4O3. The van der Waals surface area contributed by atoms with Gasteiger partial charge < -0.3 is 15.0 Å². The van der Waals surface area contributed by atoms with E-state index in [-0.39, 0.29) is 0 Å². The summed E-state index contributed by atoms with van der Waals surface area (Å²) < 4.78 is 10.6. The predicted molar refractivity (Wildman–Crippen MR) is 83.8 cm³/mol. The van der Waals surface area contributed by atoms with E-state index in [9.17, 15) is 4.79 Å². The number of benzene rings is 1. The van der Waals surface area contributed by atoms with Crippen LogP contribution in [0, 0.1) is 0 Å². The van der Waals surface area contributed by atoms with E-state index in [0.29, 0.717) is 42.9 Å². The molecule has 1 aromatic carbocycles. The van der Waals surface area contributed by atoms with Crippen LogP contribution in [-0.2, 0) is 16.0 Å². The maximum Gasteiger partial charge on any atom is 0.247 e. The summed E-state index contributed by atoms with van der Waals surface area (Å²) in [6.07, 6.45) is 0.0579. The maximum atomic E-state index is 11.2. The summed E-state index contributed by atoms with van der Waals surface area (Å²) in [4.78, 5) is 17.7. The number of hydrogen-bond acceptors (Lipinski definition) is 6. The number of nitrogens with two attached hydrogens (primary N) is 1. The van der Waals surface area contributed by atoms with Gasteiger partial charge in [0.1, 0.15) is 6.10 Å². The smallest absolute Gasteiger partial charge is 0.247 e. The van der Waals surface area contributed by atoms with Crippen molar-refractivity contribution in [3.8, 4) is 11.4 Å². The van der Waals surface area contributed by atoms with Gasteiger partial charge in [0.15, 0.2) is 0 Å². The minimum atomic E-state index is -0.545. The first-order valence-corrected chi connectivity index (χ1v) is 7.71. The van der Waals surface area contributed by atoms with E-state index < -0.39 is 12.0 Å². The number of amides is 1. The van der Waals surface area contributed by atoms with E-state index in [1.54, 1.807) is 12.1 Å². The van der Waals surface area contributed by atoms with Crippen LogP contribution in [0.1, 0.15) is 5.89 Å². The van der Waals surface area contributed by atoms with Crippen molar-refractivity contribution in [3.05, 3.63) is 35.2 Å². The molecule has 8 heteroatoms. The number of nitrogens with zero attached hydrogens (tertiary/aromatic N) is 3. The van der Waals surface area contributed by atoms with Crippen molar-refractivity contribution in [2.24, 2.45) is 5.73 Å². The molecule has 1 unspecified atom stereocenters. The molecule has 3 rings (SSSR count). The van der Waals surface area contributed by atoms with Crippen molar-refractivity contribution in [2.75, 3.05) is 26.2 Å². The van der Waals surface area contributed by atoms with Gasteiger partial charge in [0, 0.05) is 36.6 Å². The standard InChI is InChI=1S/C15H17ClN4O3/c16-11-3-1-10(2-4-11)15-18-13(23-19-15)5-6-20-7-8-22-12(9-20)14(17)21/h1-4,12H,5-9H2,(H2,17,21). The number of rotatable bonds is 5. The molecule has 0 radical (unpaired) electrons. The highest BCUT2D eigenvalue weighted by molar-refractivity contribution is 6.30. The Morgan fingerprint density at radius 2 is 2.17 bits per heavy atom. The van der Waals surface area contributed by atoms with E-state index in [1.165, 1.54) is 0 Å². The minimum Gasteiger partial charge on any atom is -0.367 e. The van der Waals surface area contributed by atoms with Crippen LogP contribution in [-0.4, -0.2) is 53.3 Å². The number of halogens is 1. The first-order chi connectivity index (χ1) is 11.1. The van der Waals surface area contributed by atoms with Gasteiger partial charge in [-0.3, -0.25) is 9.69 Å². The van der Waals surface area contributed by atoms with Gasteiger partial charge in [0.25, 0.3) is 0 Å². The Kier molecular flexibility index (Phi) is 4.90. The van der Waals surface area contributed by atoms with Gasteiger partial charge in [0.05, 0.1) is 6.61 Å². The van der Waals surface area contributed by atoms with Gasteiger partial charge in [-0.05, 0) is 24.3 Å². The average molecular weight is 337 g/mol. The molecular weight excluding hydrogens is 320 g/mol. The quantitative estimate of drug-likeness (QED) is 0.879. The predicted octanol–water partition coefficient (Wildman–Crippen LogP) is 1.12. The lowest BCUT2D eigenvalue weighted by molar-refractivity contribution is -0.135. The van der Waals surface area contributed by atoms with Crippen molar-refractivity contribution in [1.82, 2.24) is 15.0 Å². The summed E-state index contributed by atoms with van der Waals surface area (Å²) in [5.41, 5.74) is 6.13. The molecule has 0 aliphatic carbocycles. The summed E-state index contributed by atoms with van der Waals surface area (Å²) in [5.74, 6) is 0.656. The fraction of sp³-hybridized carbons (Fsp3) is 0.400. The van der Waals surface area contributed by atoms with Gasteiger partial charge in [0.2, 0.25) is 17.6 Å². The Hall–Kier alpha value is -1.96. The fourth-order valence-electron chi connectivity index (χ4n) is 2.40. The molecule has 1 saturated heterocycles. The summed E-state index contributed by atoms with van der Waals surface area (Å²) in [5, 5.41) is 4.64. The van der Waals surface area contributed by atoms with Gasteiger partial charge in [-0.25, -0.2) is 0 Å². The Bertz CT molecular complexity index is 674. The zero-order valence-electron chi connectivity index (χ0n) is 12.4. The van der Waals surface area contributed by atoms with E-state index in [2.05, 4.69) is 15.0 Å². The van der Waals surface area contributed by atoms with Crippen molar-refractivity contribution >= 4 is 17.5 Å². The first kappa shape index (κ1) is 15.9. The SMILES string of the molecule is NC(=O)C1CN(CCc2nc(-c3ccc(Cl)cc3)no2)CCO1. The summed E-state index contributed by atoms with van der Waals surface area (Å²) in [6, 6.07) is 7.25. The van der Waals surface area contributed by atoms with Crippen LogP contribution >= 0.6 is 11.6 Å². The van der Waals surface area contributed by atoms with Crippen molar-refractivity contribution in [2.45, 2.75) is 12.5 Å². The number of morpholine rings is 1. The molecule has 2 N–H and O–H groups in total. The second kappa shape index (κ2) is 7.08. The van der Waals surface area contributed by atoms with Crippen LogP contribution in [0.4, 0.5) is 0 Å². The molecule has 0 spiro atoms. The second-order valence-electron chi connectivity index (χ2n) is 5.33. The number of hydrogen-bond donors (Lipinski definition) is 1. The highest BCUT2D eigenvalue weighted by Crippen LogP contribution is 2.19. The Balaban J connectivity index is 1.57. The first-order valence-electron chi connectivity index (χ1n) is 7.33. The lowest BCUT2D eigenvalue weighted by atomic mass is 10.2. The number of ether oxygens (including phenoxy) is 1. The normalized spacial score (nSPS) is 18.9. The molecule has 1 fully saturated rings. The molecule has 1 amide bonds. The summed E-state index contributed by atoms with van der Waals surface area (Å²) in [7, 11) is 0. The van der Waals surface area contributed by atoms with Crippen molar-refractivity contribution in [1.29, 1.82) is 0 Å². The number of primary amides is 1. The fourth-order valence-corrected chi connectivity index (χ4v) is 2.53. The molecule has 1 aromatic heterocycles. The molecule has 0 bridgehead atoms. The highest BCUT2D eigenvalue weighted by atomic mass is 35.5. The second-order valence-corrected chi connectivity index (χ2v) is 5.77. The Morgan fingerprint density at radius 3 is 2.91 bits per heavy atom. The van der Waals surface area contributed by atoms with Crippen molar-refractivity contribution in [3.63, 3.8) is 0 Å². The van der Waals surface area contributed by atoms with Gasteiger partial charge in [-0.15, -0.1) is 0 Å². The van der Waals surface area contributed by atoms with Gasteiger partial charge in [-0.1, -0.05) is 16.8 Å². The largest absolute Gasteiger partial charge is 0.367 e. The zero-order valence-corrected chi connectivity index (χ0v) is 13.2. The molecule has 122 valence electrons. The van der Waals surface area contributed by atoms with Crippen LogP contribution in [0.3, 0.4) is 0 Å². The minimum absolute atomic E-state index is 0.433. The third-order valence-electron chi connectivity index (χ3n) is 3.68. The van der Waals surface area contributed by atoms with Crippen LogP contribution in [0.5, 0.6) is 0 Å². The molecule has 1 aliphatic heterocycles. The topological polar surface area (TPSA) is 94.5 Å². The Morgan fingerprint density at radius 1 is 1.39 bits per heavy atom. The molecule has 7 nitrogen and oxygen atoms in total. The van der Waals surface area contributed by atoms with E-state index in [0.717, 1.165) is 12.1 Å². The van der Waals surface area contributed by atoms with Crippen LogP contribution in [0.2, 0.25) is 5.02 Å². The Labute approximate surface area is 138 Å². The van der Waals surface area contributed by atoms with Crippen molar-refractivity contribution < 1.29 is 14.1 Å². The average Bonchev–Trinajstić information content (AvgIpc) is 3.03. The molecule has 1 aliphatic rings. The molecule has 2 heterocycles. The maximum absolute atomic E-state index is 11.2. The van der Waals surface area contributed by atoms with Crippen LogP contribution in [0.25, 0.3) is 11.4 Å². The lowest BCUT2D eigenvalue weighted by Gasteiger charge is -2.30. The van der Waals surface area contributed by atoms with E-state index >= 15 is 0 Å². The van der Waals surface area contributed by atoms with Gasteiger partial charge in [-0.2, -0.15) is 4.98 Å². The molecule has 2 aromatic rings. The monoisotopic (exact) mass is 336 g/mol. The highest BCUT2D eigenvalue weighted by Gasteiger charge is 2.24. The van der Waals surface area contributed by atoms with E-state index in [1.807, 2.05) is 12.1 Å². The number of carbonyl (C=O) groups excluding carboxylic acids is 1. The van der Waals surface area contributed by atoms with Gasteiger partial charge >= 0.3 is 0 Å². The van der Waals surface area contributed by atoms with E-state index in [4.69, 9.17) is 26.6 Å². The van der Waals surface area contributed by atoms with Crippen LogP contribution in [0.15, 0.2) is 28.8 Å². The van der Waals surface area contributed by atoms with Crippen LogP contribution < -0.4 is 5.73 Å².